The summed E-state index contributed by atoms with van der Waals surface area (Å²) < 4.78 is 3.25. The minimum absolute atomic E-state index is 0.994. The van der Waals surface area contributed by atoms with E-state index >= 15 is 0 Å². The third-order valence-electron chi connectivity index (χ3n) is 3.58. The van der Waals surface area contributed by atoms with Crippen molar-refractivity contribution in [1.82, 2.24) is 14.7 Å². The molecule has 1 aromatic rings. The first-order chi connectivity index (χ1) is 8.22. The van der Waals surface area contributed by atoms with Crippen LogP contribution >= 0.6 is 15.9 Å². The lowest BCUT2D eigenvalue weighted by molar-refractivity contribution is 0.269. The highest BCUT2D eigenvalue weighted by Crippen LogP contribution is 2.23. The van der Waals surface area contributed by atoms with E-state index in [-0.39, 0.29) is 0 Å². The van der Waals surface area contributed by atoms with Gasteiger partial charge < -0.3 is 0 Å². The van der Waals surface area contributed by atoms with Crippen molar-refractivity contribution in [2.24, 2.45) is 7.05 Å². The van der Waals surface area contributed by atoms with Crippen molar-refractivity contribution in [2.45, 2.75) is 45.6 Å². The Balaban J connectivity index is 2.09. The van der Waals surface area contributed by atoms with Crippen LogP contribution in [0, 0.1) is 0 Å². The smallest absolute Gasteiger partial charge is 0.0767 e. The number of halogens is 1. The van der Waals surface area contributed by atoms with Crippen molar-refractivity contribution in [2.75, 3.05) is 13.1 Å². The lowest BCUT2D eigenvalue weighted by Gasteiger charge is -2.19. The van der Waals surface area contributed by atoms with Gasteiger partial charge in [0.2, 0.25) is 0 Å². The summed E-state index contributed by atoms with van der Waals surface area (Å²) in [7, 11) is 2.05. The van der Waals surface area contributed by atoms with Crippen LogP contribution < -0.4 is 0 Å². The fourth-order valence-corrected chi connectivity index (χ4v) is 3.24. The second-order valence-electron chi connectivity index (χ2n) is 4.87. The molecule has 0 N–H and O–H groups in total. The van der Waals surface area contributed by atoms with Crippen molar-refractivity contribution in [3.8, 4) is 0 Å². The van der Waals surface area contributed by atoms with Crippen LogP contribution in [0.3, 0.4) is 0 Å². The third kappa shape index (κ3) is 3.10. The summed E-state index contributed by atoms with van der Waals surface area (Å²) in [6, 6.07) is 0. The quantitative estimate of drug-likeness (QED) is 0.855. The number of nitrogens with zero attached hydrogens (tertiary/aromatic N) is 3. The Morgan fingerprint density at radius 1 is 1.18 bits per heavy atom. The minimum Gasteiger partial charge on any atom is -0.297 e. The molecule has 1 aliphatic heterocycles. The molecule has 4 heteroatoms. The average molecular weight is 300 g/mol. The van der Waals surface area contributed by atoms with Gasteiger partial charge in [-0.05, 0) is 48.3 Å². The van der Waals surface area contributed by atoms with Crippen LogP contribution in [0.15, 0.2) is 4.47 Å². The van der Waals surface area contributed by atoms with Crippen molar-refractivity contribution in [1.29, 1.82) is 0 Å². The zero-order chi connectivity index (χ0) is 12.3. The van der Waals surface area contributed by atoms with Gasteiger partial charge in [-0.2, -0.15) is 5.10 Å². The van der Waals surface area contributed by atoms with E-state index in [0.717, 1.165) is 13.0 Å². The normalized spacial score (nSPS) is 18.3. The van der Waals surface area contributed by atoms with E-state index in [9.17, 15) is 0 Å². The molecule has 0 spiro atoms. The molecule has 0 aliphatic carbocycles. The molecule has 0 radical (unpaired) electrons. The SMILES string of the molecule is CCc1nn(C)c(CN2CCCCCC2)c1Br. The molecule has 3 nitrogen and oxygen atoms in total. The standard InChI is InChI=1S/C13H22BrN3/c1-3-11-13(14)12(16(2)15-11)10-17-8-6-4-5-7-9-17/h3-10H2,1-2H3. The topological polar surface area (TPSA) is 21.1 Å². The average Bonchev–Trinajstić information content (AvgIpc) is 2.53. The van der Waals surface area contributed by atoms with Gasteiger partial charge in [0.15, 0.2) is 0 Å². The van der Waals surface area contributed by atoms with Crippen molar-refractivity contribution >= 4 is 15.9 Å². The predicted molar refractivity (Wildman–Crippen MR) is 74.0 cm³/mol. The number of hydrogen-bond acceptors (Lipinski definition) is 2. The van der Waals surface area contributed by atoms with E-state index in [1.807, 2.05) is 4.68 Å². The van der Waals surface area contributed by atoms with Gasteiger partial charge in [0.05, 0.1) is 15.9 Å². The maximum Gasteiger partial charge on any atom is 0.0767 e. The van der Waals surface area contributed by atoms with Gasteiger partial charge in [-0.1, -0.05) is 19.8 Å². The van der Waals surface area contributed by atoms with Crippen LogP contribution in [0.1, 0.15) is 44.0 Å². The summed E-state index contributed by atoms with van der Waals surface area (Å²) in [5.74, 6) is 0. The maximum atomic E-state index is 4.56. The summed E-state index contributed by atoms with van der Waals surface area (Å²) in [5, 5.41) is 4.56. The Labute approximate surface area is 112 Å². The highest BCUT2D eigenvalue weighted by Gasteiger charge is 2.16. The van der Waals surface area contributed by atoms with Gasteiger partial charge in [0.25, 0.3) is 0 Å². The minimum atomic E-state index is 0.994. The zero-order valence-corrected chi connectivity index (χ0v) is 12.5. The molecule has 96 valence electrons. The first-order valence-corrected chi connectivity index (χ1v) is 7.44. The van der Waals surface area contributed by atoms with Crippen LogP contribution in [0.4, 0.5) is 0 Å². The molecule has 1 aliphatic rings. The summed E-state index contributed by atoms with van der Waals surface area (Å²) in [6.07, 6.45) is 6.47. The molecule has 2 rings (SSSR count). The first-order valence-electron chi connectivity index (χ1n) is 6.65. The molecular formula is C13H22BrN3. The summed E-state index contributed by atoms with van der Waals surface area (Å²) in [6.45, 7) is 5.66. The van der Waals surface area contributed by atoms with Gasteiger partial charge in [0.1, 0.15) is 0 Å². The van der Waals surface area contributed by atoms with Crippen molar-refractivity contribution in [3.05, 3.63) is 15.9 Å². The molecule has 1 saturated heterocycles. The van der Waals surface area contributed by atoms with Crippen LogP contribution in [-0.2, 0) is 20.0 Å². The lowest BCUT2D eigenvalue weighted by atomic mass is 10.2. The van der Waals surface area contributed by atoms with Gasteiger partial charge in [-0.25, -0.2) is 0 Å². The highest BCUT2D eigenvalue weighted by molar-refractivity contribution is 9.10. The van der Waals surface area contributed by atoms with E-state index in [2.05, 4.69) is 39.9 Å². The van der Waals surface area contributed by atoms with Crippen molar-refractivity contribution < 1.29 is 0 Å². The molecule has 0 bridgehead atoms. The number of likely N-dealkylation sites (tertiary alicyclic amines) is 1. The van der Waals surface area contributed by atoms with Gasteiger partial charge in [-0.3, -0.25) is 9.58 Å². The van der Waals surface area contributed by atoms with Crippen molar-refractivity contribution in [3.63, 3.8) is 0 Å². The number of hydrogen-bond donors (Lipinski definition) is 0. The molecule has 0 amide bonds. The molecular weight excluding hydrogens is 278 g/mol. The van der Waals surface area contributed by atoms with Gasteiger partial charge >= 0.3 is 0 Å². The second kappa shape index (κ2) is 6.01. The van der Waals surface area contributed by atoms with E-state index < -0.39 is 0 Å². The molecule has 0 saturated carbocycles. The Morgan fingerprint density at radius 3 is 2.35 bits per heavy atom. The highest BCUT2D eigenvalue weighted by atomic mass is 79.9. The Bertz CT molecular complexity index is 365. The van der Waals surface area contributed by atoms with Gasteiger partial charge in [0, 0.05) is 13.6 Å². The molecule has 0 atom stereocenters. The zero-order valence-electron chi connectivity index (χ0n) is 10.9. The maximum absolute atomic E-state index is 4.56. The molecule has 2 heterocycles. The molecule has 0 aromatic carbocycles. The Hall–Kier alpha value is -0.350. The summed E-state index contributed by atoms with van der Waals surface area (Å²) >= 11 is 3.70. The fraction of sp³-hybridized carbons (Fsp3) is 0.769. The Kier molecular flexibility index (Phi) is 4.62. The first kappa shape index (κ1) is 13.1. The number of aryl methyl sites for hydroxylation is 2. The third-order valence-corrected chi connectivity index (χ3v) is 4.49. The molecule has 17 heavy (non-hydrogen) atoms. The number of aromatic nitrogens is 2. The fourth-order valence-electron chi connectivity index (χ4n) is 2.50. The number of rotatable bonds is 3. The predicted octanol–water partition coefficient (Wildman–Crippen LogP) is 3.12. The molecule has 1 fully saturated rings. The molecule has 1 aromatic heterocycles. The van der Waals surface area contributed by atoms with E-state index in [0.29, 0.717) is 0 Å². The lowest BCUT2D eigenvalue weighted by Crippen LogP contribution is -2.25. The largest absolute Gasteiger partial charge is 0.297 e. The van der Waals surface area contributed by atoms with Crippen LogP contribution in [0.25, 0.3) is 0 Å². The van der Waals surface area contributed by atoms with Gasteiger partial charge in [-0.15, -0.1) is 0 Å². The summed E-state index contributed by atoms with van der Waals surface area (Å²) in [5.41, 5.74) is 2.50. The van der Waals surface area contributed by atoms with Crippen LogP contribution in [0.5, 0.6) is 0 Å². The second-order valence-corrected chi connectivity index (χ2v) is 5.67. The Morgan fingerprint density at radius 2 is 1.82 bits per heavy atom. The van der Waals surface area contributed by atoms with Crippen LogP contribution in [-0.4, -0.2) is 27.8 Å². The van der Waals surface area contributed by atoms with E-state index in [1.54, 1.807) is 0 Å². The summed E-state index contributed by atoms with van der Waals surface area (Å²) in [4.78, 5) is 2.56. The molecule has 0 unspecified atom stereocenters. The van der Waals surface area contributed by atoms with E-state index in [4.69, 9.17) is 0 Å². The van der Waals surface area contributed by atoms with E-state index in [1.165, 1.54) is 54.6 Å². The van der Waals surface area contributed by atoms with Crippen LogP contribution in [0.2, 0.25) is 0 Å². The monoisotopic (exact) mass is 299 g/mol.